The van der Waals surface area contributed by atoms with Crippen LogP contribution in [0.15, 0.2) is 101 Å². The van der Waals surface area contributed by atoms with Crippen LogP contribution in [0, 0.1) is 0 Å². The highest BCUT2D eigenvalue weighted by Gasteiger charge is 2.34. The third-order valence-electron chi connectivity index (χ3n) is 6.71. The van der Waals surface area contributed by atoms with Crippen molar-refractivity contribution < 1.29 is 4.42 Å². The van der Waals surface area contributed by atoms with Gasteiger partial charge in [0.15, 0.2) is 5.58 Å². The van der Waals surface area contributed by atoms with Crippen LogP contribution in [0.2, 0.25) is 0 Å². The molecule has 0 unspecified atom stereocenters. The maximum Gasteiger partial charge on any atom is 0.201 e. The minimum absolute atomic E-state index is 0. The Morgan fingerprint density at radius 2 is 1.68 bits per heavy atom. The van der Waals surface area contributed by atoms with Crippen molar-refractivity contribution in [2.24, 2.45) is 5.73 Å². The molecular weight excluding hydrogens is 446 g/mol. The third-order valence-corrected chi connectivity index (χ3v) is 6.71. The highest BCUT2D eigenvalue weighted by atomic mass is 35.5. The van der Waals surface area contributed by atoms with Gasteiger partial charge in [-0.1, -0.05) is 60.7 Å². The zero-order valence-electron chi connectivity index (χ0n) is 18.5. The summed E-state index contributed by atoms with van der Waals surface area (Å²) in [4.78, 5) is 18.0. The van der Waals surface area contributed by atoms with E-state index in [0.29, 0.717) is 22.3 Å². The van der Waals surface area contributed by atoms with E-state index in [-0.39, 0.29) is 23.4 Å². The van der Waals surface area contributed by atoms with Crippen LogP contribution < -0.4 is 11.2 Å². The lowest BCUT2D eigenvalue weighted by atomic mass is 9.72. The summed E-state index contributed by atoms with van der Waals surface area (Å²) in [5.41, 5.74) is 10.9. The molecule has 1 fully saturated rings. The molecular formula is C28H24ClN3O2. The maximum absolute atomic E-state index is 13.9. The van der Waals surface area contributed by atoms with Crippen molar-refractivity contribution in [3.8, 4) is 28.1 Å². The van der Waals surface area contributed by atoms with Gasteiger partial charge in [0.1, 0.15) is 5.76 Å². The van der Waals surface area contributed by atoms with E-state index in [0.717, 1.165) is 41.6 Å². The first kappa shape index (κ1) is 22.1. The number of nitrogens with zero attached hydrogens (tertiary/aromatic N) is 2. The first-order valence-electron chi connectivity index (χ1n) is 11.2. The maximum atomic E-state index is 13.9. The number of para-hydroxylation sites is 1. The Balaban J connectivity index is 0.00000241. The molecule has 0 atom stereocenters. The Morgan fingerprint density at radius 1 is 0.912 bits per heavy atom. The quantitative estimate of drug-likeness (QED) is 0.346. The number of hydrogen-bond donors (Lipinski definition) is 1. The van der Waals surface area contributed by atoms with E-state index in [1.165, 1.54) is 0 Å². The lowest BCUT2D eigenvalue weighted by Crippen LogP contribution is -2.43. The molecule has 0 spiro atoms. The van der Waals surface area contributed by atoms with Gasteiger partial charge < -0.3 is 14.7 Å². The van der Waals surface area contributed by atoms with Crippen LogP contribution in [-0.2, 0) is 5.54 Å². The normalized spacial score (nSPS) is 14.4. The van der Waals surface area contributed by atoms with Gasteiger partial charge in [0.05, 0.1) is 23.0 Å². The zero-order chi connectivity index (χ0) is 22.4. The second-order valence-corrected chi connectivity index (χ2v) is 8.71. The summed E-state index contributed by atoms with van der Waals surface area (Å²) in [7, 11) is 0. The fourth-order valence-electron chi connectivity index (χ4n) is 4.68. The van der Waals surface area contributed by atoms with Crippen molar-refractivity contribution >= 4 is 23.4 Å². The Labute approximate surface area is 203 Å². The van der Waals surface area contributed by atoms with Crippen LogP contribution in [-0.4, -0.2) is 9.55 Å². The minimum atomic E-state index is -0.242. The van der Waals surface area contributed by atoms with Gasteiger partial charge in [-0.3, -0.25) is 4.79 Å². The van der Waals surface area contributed by atoms with Crippen molar-refractivity contribution in [1.29, 1.82) is 0 Å². The van der Waals surface area contributed by atoms with E-state index in [1.807, 2.05) is 71.4 Å². The summed E-state index contributed by atoms with van der Waals surface area (Å²) in [6.07, 6.45) is 8.40. The van der Waals surface area contributed by atoms with Gasteiger partial charge >= 0.3 is 0 Å². The molecule has 0 saturated heterocycles. The van der Waals surface area contributed by atoms with E-state index in [4.69, 9.17) is 10.2 Å². The molecule has 5 nitrogen and oxygen atoms in total. The second kappa shape index (κ2) is 8.60. The Hall–Kier alpha value is -3.67. The predicted octanol–water partition coefficient (Wildman–Crippen LogP) is 6.07. The molecule has 1 saturated carbocycles. The Bertz CT molecular complexity index is 1500. The van der Waals surface area contributed by atoms with Crippen LogP contribution in [0.4, 0.5) is 0 Å². The molecule has 2 heterocycles. The summed E-state index contributed by atoms with van der Waals surface area (Å²) in [6, 6.07) is 23.5. The second-order valence-electron chi connectivity index (χ2n) is 8.71. The van der Waals surface area contributed by atoms with Crippen LogP contribution >= 0.6 is 12.4 Å². The number of benzene rings is 3. The van der Waals surface area contributed by atoms with Crippen LogP contribution in [0.25, 0.3) is 39.1 Å². The SMILES string of the molecule is Cl.NC1(c2ccc(-c3c(-c4ccccc4)oc4c(-n5ccnc5)cccc4c3=O)cc2)CCC1. The molecule has 0 bridgehead atoms. The van der Waals surface area contributed by atoms with E-state index < -0.39 is 0 Å². The average Bonchev–Trinajstić information content (AvgIpc) is 3.38. The summed E-state index contributed by atoms with van der Waals surface area (Å²) >= 11 is 0. The number of halogens is 1. The molecule has 0 aliphatic heterocycles. The number of nitrogens with two attached hydrogens (primary N) is 1. The van der Waals surface area contributed by atoms with Crippen molar-refractivity contribution in [3.05, 3.63) is 107 Å². The van der Waals surface area contributed by atoms with Gasteiger partial charge in [0.2, 0.25) is 5.43 Å². The number of aromatic nitrogens is 2. The molecule has 1 aliphatic rings. The lowest BCUT2D eigenvalue weighted by Gasteiger charge is -2.38. The van der Waals surface area contributed by atoms with Gasteiger partial charge in [-0.2, -0.15) is 0 Å². The van der Waals surface area contributed by atoms with Gasteiger partial charge in [0.25, 0.3) is 0 Å². The minimum Gasteiger partial charge on any atom is -0.453 e. The molecule has 170 valence electrons. The van der Waals surface area contributed by atoms with Crippen LogP contribution in [0.5, 0.6) is 0 Å². The van der Waals surface area contributed by atoms with E-state index in [2.05, 4.69) is 17.1 Å². The molecule has 34 heavy (non-hydrogen) atoms. The van der Waals surface area contributed by atoms with Crippen LogP contribution in [0.3, 0.4) is 0 Å². The molecule has 1 aliphatic carbocycles. The highest BCUT2D eigenvalue weighted by Crippen LogP contribution is 2.40. The highest BCUT2D eigenvalue weighted by molar-refractivity contribution is 5.92. The number of rotatable bonds is 4. The summed E-state index contributed by atoms with van der Waals surface area (Å²) in [6.45, 7) is 0. The zero-order valence-corrected chi connectivity index (χ0v) is 19.3. The van der Waals surface area contributed by atoms with Gasteiger partial charge in [-0.25, -0.2) is 4.98 Å². The van der Waals surface area contributed by atoms with Gasteiger partial charge in [0, 0.05) is 23.5 Å². The Morgan fingerprint density at radius 3 is 2.32 bits per heavy atom. The number of fused-ring (bicyclic) bond motifs is 1. The van der Waals surface area contributed by atoms with Gasteiger partial charge in [-0.15, -0.1) is 12.4 Å². The lowest BCUT2D eigenvalue weighted by molar-refractivity contribution is 0.253. The van der Waals surface area contributed by atoms with Crippen molar-refractivity contribution in [1.82, 2.24) is 9.55 Å². The molecule has 0 radical (unpaired) electrons. The summed E-state index contributed by atoms with van der Waals surface area (Å²) in [5, 5.41) is 0.536. The standard InChI is InChI=1S/C28H23N3O2.ClH/c29-28(14-5-15-28)21-12-10-19(11-13-21)24-25(32)22-8-4-9-23(31-17-16-30-18-31)27(22)33-26(24)20-6-2-1-3-7-20;/h1-4,6-13,16-18H,5,14-15,29H2;1H. The fraction of sp³-hybridized carbons (Fsp3) is 0.143. The topological polar surface area (TPSA) is 74.0 Å². The molecule has 3 aromatic carbocycles. The molecule has 2 aromatic heterocycles. The molecule has 6 heteroatoms. The fourth-order valence-corrected chi connectivity index (χ4v) is 4.68. The van der Waals surface area contributed by atoms with Crippen molar-refractivity contribution in [3.63, 3.8) is 0 Å². The van der Waals surface area contributed by atoms with E-state index in [1.54, 1.807) is 12.5 Å². The molecule has 5 aromatic rings. The first-order chi connectivity index (χ1) is 16.1. The van der Waals surface area contributed by atoms with Crippen molar-refractivity contribution in [2.75, 3.05) is 0 Å². The third kappa shape index (κ3) is 3.54. The smallest absolute Gasteiger partial charge is 0.201 e. The summed E-state index contributed by atoms with van der Waals surface area (Å²) < 4.78 is 8.38. The van der Waals surface area contributed by atoms with E-state index in [9.17, 15) is 4.79 Å². The molecule has 2 N–H and O–H groups in total. The molecule has 0 amide bonds. The number of imidazole rings is 1. The van der Waals surface area contributed by atoms with Crippen LogP contribution in [0.1, 0.15) is 24.8 Å². The number of hydrogen-bond acceptors (Lipinski definition) is 4. The monoisotopic (exact) mass is 469 g/mol. The largest absolute Gasteiger partial charge is 0.453 e. The van der Waals surface area contributed by atoms with E-state index >= 15 is 0 Å². The predicted molar refractivity (Wildman–Crippen MR) is 137 cm³/mol. The van der Waals surface area contributed by atoms with Gasteiger partial charge in [-0.05, 0) is 42.5 Å². The first-order valence-corrected chi connectivity index (χ1v) is 11.2. The molecule has 6 rings (SSSR count). The van der Waals surface area contributed by atoms with Crippen molar-refractivity contribution in [2.45, 2.75) is 24.8 Å². The Kier molecular flexibility index (Phi) is 5.60. The summed E-state index contributed by atoms with van der Waals surface area (Å²) in [5.74, 6) is 0.555. The average molecular weight is 470 g/mol.